The maximum Gasteiger partial charge on any atom is 0.254 e. The lowest BCUT2D eigenvalue weighted by molar-refractivity contribution is -0.121. The molecular weight excluding hydrogens is 386 g/mol. The fourth-order valence-corrected chi connectivity index (χ4v) is 4.28. The summed E-state index contributed by atoms with van der Waals surface area (Å²) in [7, 11) is -3.40. The summed E-state index contributed by atoms with van der Waals surface area (Å²) in [6.07, 6.45) is 4.15. The van der Waals surface area contributed by atoms with Crippen molar-refractivity contribution in [3.8, 4) is 0 Å². The predicted molar refractivity (Wildman–Crippen MR) is 104 cm³/mol. The Labute approximate surface area is 162 Å². The third-order valence-electron chi connectivity index (χ3n) is 4.61. The number of amides is 2. The second kappa shape index (κ2) is 7.77. The number of likely N-dealkylation sites (tertiary alicyclic amines) is 1. The monoisotopic (exact) mass is 407 g/mol. The number of aryl methyl sites for hydroxylation is 1. The van der Waals surface area contributed by atoms with Gasteiger partial charge in [-0.1, -0.05) is 6.07 Å². The number of anilines is 1. The lowest BCUT2D eigenvalue weighted by Gasteiger charge is -2.32. The molecule has 2 aromatic rings. The van der Waals surface area contributed by atoms with Gasteiger partial charge in [0, 0.05) is 36.5 Å². The van der Waals surface area contributed by atoms with E-state index in [1.807, 2.05) is 0 Å². The average Bonchev–Trinajstić information content (AvgIpc) is 3.13. The standard InChI is InChI=1S/C18H21N3O4S2/c1-12-5-6-14(27(2,24)25)10-15(12)17(23)21-8-3-4-13(11-21)16(22)20-18-19-7-9-26-18/h5-7,9-10,13H,3-4,8,11H2,1-2H3,(H,19,20,22). The fraction of sp³-hybridized carbons (Fsp3) is 0.389. The summed E-state index contributed by atoms with van der Waals surface area (Å²) >= 11 is 1.34. The van der Waals surface area contributed by atoms with E-state index < -0.39 is 9.84 Å². The Morgan fingerprint density at radius 2 is 2.11 bits per heavy atom. The highest BCUT2D eigenvalue weighted by molar-refractivity contribution is 7.90. The van der Waals surface area contributed by atoms with Gasteiger partial charge >= 0.3 is 0 Å². The van der Waals surface area contributed by atoms with Crippen molar-refractivity contribution in [1.29, 1.82) is 0 Å². The zero-order valence-electron chi connectivity index (χ0n) is 15.1. The van der Waals surface area contributed by atoms with Crippen LogP contribution in [0.5, 0.6) is 0 Å². The molecule has 7 nitrogen and oxygen atoms in total. The number of aromatic nitrogens is 1. The van der Waals surface area contributed by atoms with Crippen molar-refractivity contribution >= 4 is 38.1 Å². The van der Waals surface area contributed by atoms with E-state index in [0.29, 0.717) is 42.2 Å². The number of piperidine rings is 1. The van der Waals surface area contributed by atoms with Crippen molar-refractivity contribution in [2.45, 2.75) is 24.7 Å². The average molecular weight is 408 g/mol. The SMILES string of the molecule is Cc1ccc(S(C)(=O)=O)cc1C(=O)N1CCCC(C(=O)Nc2nccs2)C1. The number of hydrogen-bond donors (Lipinski definition) is 1. The third kappa shape index (κ3) is 4.54. The molecule has 1 aromatic heterocycles. The molecule has 1 N–H and O–H groups in total. The highest BCUT2D eigenvalue weighted by atomic mass is 32.2. The number of thiazole rings is 1. The lowest BCUT2D eigenvalue weighted by Crippen LogP contribution is -2.44. The molecule has 144 valence electrons. The largest absolute Gasteiger partial charge is 0.338 e. The van der Waals surface area contributed by atoms with E-state index in [0.717, 1.165) is 6.26 Å². The molecule has 1 atom stereocenters. The van der Waals surface area contributed by atoms with E-state index in [-0.39, 0.29) is 22.6 Å². The minimum Gasteiger partial charge on any atom is -0.338 e. The van der Waals surface area contributed by atoms with Gasteiger partial charge in [-0.3, -0.25) is 9.59 Å². The summed E-state index contributed by atoms with van der Waals surface area (Å²) in [5.74, 6) is -0.709. The molecule has 1 saturated heterocycles. The summed E-state index contributed by atoms with van der Waals surface area (Å²) in [4.78, 5) is 31.2. The normalized spacial score (nSPS) is 17.6. The van der Waals surface area contributed by atoms with Crippen LogP contribution in [0.25, 0.3) is 0 Å². The molecule has 1 fully saturated rings. The van der Waals surface area contributed by atoms with E-state index in [1.54, 1.807) is 29.5 Å². The number of carbonyl (C=O) groups is 2. The molecule has 1 aromatic carbocycles. The Morgan fingerprint density at radius 3 is 2.78 bits per heavy atom. The maximum atomic E-state index is 13.0. The molecule has 1 unspecified atom stereocenters. The van der Waals surface area contributed by atoms with E-state index in [4.69, 9.17) is 0 Å². The van der Waals surface area contributed by atoms with Crippen LogP contribution >= 0.6 is 11.3 Å². The topological polar surface area (TPSA) is 96.4 Å². The van der Waals surface area contributed by atoms with Gasteiger partial charge in [-0.2, -0.15) is 0 Å². The van der Waals surface area contributed by atoms with Gasteiger partial charge in [0.1, 0.15) is 0 Å². The molecule has 0 radical (unpaired) electrons. The van der Waals surface area contributed by atoms with Crippen LogP contribution in [0.2, 0.25) is 0 Å². The first-order valence-electron chi connectivity index (χ1n) is 8.56. The van der Waals surface area contributed by atoms with Crippen molar-refractivity contribution in [3.05, 3.63) is 40.9 Å². The predicted octanol–water partition coefficient (Wildman–Crippen LogP) is 2.35. The third-order valence-corrected chi connectivity index (χ3v) is 6.41. The van der Waals surface area contributed by atoms with Crippen LogP contribution in [0.15, 0.2) is 34.7 Å². The molecule has 0 aliphatic carbocycles. The molecule has 0 bridgehead atoms. The molecule has 0 saturated carbocycles. The van der Waals surface area contributed by atoms with Gasteiger partial charge in [-0.15, -0.1) is 11.3 Å². The summed E-state index contributed by atoms with van der Waals surface area (Å²) in [5.41, 5.74) is 1.07. The molecule has 3 rings (SSSR count). The second-order valence-electron chi connectivity index (χ2n) is 6.67. The Balaban J connectivity index is 1.76. The van der Waals surface area contributed by atoms with Crippen molar-refractivity contribution in [2.75, 3.05) is 24.7 Å². The first-order chi connectivity index (χ1) is 12.8. The minimum atomic E-state index is -3.40. The number of carbonyl (C=O) groups excluding carboxylic acids is 2. The van der Waals surface area contributed by atoms with E-state index in [1.165, 1.54) is 23.5 Å². The van der Waals surface area contributed by atoms with Crippen LogP contribution in [-0.2, 0) is 14.6 Å². The van der Waals surface area contributed by atoms with Gasteiger partial charge in [0.2, 0.25) is 5.91 Å². The molecule has 2 amide bonds. The van der Waals surface area contributed by atoms with Crippen molar-refractivity contribution in [3.63, 3.8) is 0 Å². The van der Waals surface area contributed by atoms with Gasteiger partial charge in [0.15, 0.2) is 15.0 Å². The number of nitrogens with one attached hydrogen (secondary N) is 1. The Hall–Kier alpha value is -2.26. The van der Waals surface area contributed by atoms with Crippen LogP contribution < -0.4 is 5.32 Å². The summed E-state index contributed by atoms with van der Waals surface area (Å²) < 4.78 is 23.6. The summed E-state index contributed by atoms with van der Waals surface area (Å²) in [5, 5.41) is 5.11. The highest BCUT2D eigenvalue weighted by Crippen LogP contribution is 2.23. The Kier molecular flexibility index (Phi) is 5.61. The second-order valence-corrected chi connectivity index (χ2v) is 9.58. The van der Waals surface area contributed by atoms with Gasteiger partial charge in [-0.05, 0) is 37.5 Å². The van der Waals surface area contributed by atoms with E-state index >= 15 is 0 Å². The van der Waals surface area contributed by atoms with Gasteiger partial charge in [0.05, 0.1) is 10.8 Å². The lowest BCUT2D eigenvalue weighted by atomic mass is 9.96. The summed E-state index contributed by atoms with van der Waals surface area (Å²) in [6, 6.07) is 4.56. The van der Waals surface area contributed by atoms with Crippen LogP contribution in [0.1, 0.15) is 28.8 Å². The number of rotatable bonds is 4. The number of sulfone groups is 1. The van der Waals surface area contributed by atoms with Crippen LogP contribution in [0, 0.1) is 12.8 Å². The molecule has 9 heteroatoms. The van der Waals surface area contributed by atoms with E-state index in [2.05, 4.69) is 10.3 Å². The van der Waals surface area contributed by atoms with E-state index in [9.17, 15) is 18.0 Å². The molecule has 1 aliphatic rings. The first kappa shape index (κ1) is 19.5. The van der Waals surface area contributed by atoms with Crippen molar-refractivity contribution < 1.29 is 18.0 Å². The van der Waals surface area contributed by atoms with Crippen LogP contribution in [0.4, 0.5) is 5.13 Å². The van der Waals surface area contributed by atoms with Gasteiger partial charge < -0.3 is 10.2 Å². The van der Waals surface area contributed by atoms with Gasteiger partial charge in [-0.25, -0.2) is 13.4 Å². The molecular formula is C18H21N3O4S2. The van der Waals surface area contributed by atoms with Gasteiger partial charge in [0.25, 0.3) is 5.91 Å². The summed E-state index contributed by atoms with van der Waals surface area (Å²) in [6.45, 7) is 2.62. The number of benzene rings is 1. The number of hydrogen-bond acceptors (Lipinski definition) is 6. The first-order valence-corrected chi connectivity index (χ1v) is 11.3. The highest BCUT2D eigenvalue weighted by Gasteiger charge is 2.30. The molecule has 27 heavy (non-hydrogen) atoms. The number of nitrogens with zero attached hydrogens (tertiary/aromatic N) is 2. The van der Waals surface area contributed by atoms with Crippen LogP contribution in [0.3, 0.4) is 0 Å². The zero-order valence-corrected chi connectivity index (χ0v) is 16.8. The smallest absolute Gasteiger partial charge is 0.254 e. The van der Waals surface area contributed by atoms with Crippen molar-refractivity contribution in [1.82, 2.24) is 9.88 Å². The molecule has 0 spiro atoms. The maximum absolute atomic E-state index is 13.0. The van der Waals surface area contributed by atoms with Crippen molar-refractivity contribution in [2.24, 2.45) is 5.92 Å². The molecule has 2 heterocycles. The Bertz CT molecular complexity index is 955. The molecule has 1 aliphatic heterocycles. The zero-order chi connectivity index (χ0) is 19.6. The Morgan fingerprint density at radius 1 is 1.33 bits per heavy atom. The quantitative estimate of drug-likeness (QED) is 0.839. The fourth-order valence-electron chi connectivity index (χ4n) is 3.10. The minimum absolute atomic E-state index is 0.117. The van der Waals surface area contributed by atoms with Crippen LogP contribution in [-0.4, -0.2) is 49.5 Å².